The summed E-state index contributed by atoms with van der Waals surface area (Å²) in [5.74, 6) is -0.583. The zero-order chi connectivity index (χ0) is 23.9. The van der Waals surface area contributed by atoms with Crippen LogP contribution in [-0.4, -0.2) is 37.5 Å². The van der Waals surface area contributed by atoms with E-state index in [1.807, 2.05) is 54.6 Å². The van der Waals surface area contributed by atoms with E-state index in [9.17, 15) is 14.4 Å². The zero-order valence-corrected chi connectivity index (χ0v) is 19.3. The molecular weight excluding hydrogens is 452 g/mol. The Balaban J connectivity index is 1.38. The number of carbonyl (C=O) groups excluding carboxylic acids is 3. The van der Waals surface area contributed by atoms with Crippen LogP contribution >= 0.6 is 11.6 Å². The van der Waals surface area contributed by atoms with E-state index in [-0.39, 0.29) is 30.9 Å². The Morgan fingerprint density at radius 3 is 2.24 bits per heavy atom. The molecule has 0 fully saturated rings. The van der Waals surface area contributed by atoms with Gasteiger partial charge < -0.3 is 10.6 Å². The van der Waals surface area contributed by atoms with E-state index in [1.54, 1.807) is 24.3 Å². The lowest BCUT2D eigenvalue weighted by Gasteiger charge is -2.35. The molecule has 0 atom stereocenters. The summed E-state index contributed by atoms with van der Waals surface area (Å²) in [6.07, 6.45) is 0.656. The predicted molar refractivity (Wildman–Crippen MR) is 133 cm³/mol. The Morgan fingerprint density at radius 1 is 0.824 bits per heavy atom. The normalized spacial score (nSPS) is 12.8. The summed E-state index contributed by atoms with van der Waals surface area (Å²) in [7, 11) is 0. The number of rotatable bonds is 7. The summed E-state index contributed by atoms with van der Waals surface area (Å²) in [6, 6.07) is 23.7. The smallest absolute Gasteiger partial charge is 0.322 e. The molecule has 0 aromatic heterocycles. The lowest BCUT2D eigenvalue weighted by molar-refractivity contribution is -0.123. The summed E-state index contributed by atoms with van der Waals surface area (Å²) in [6.45, 7) is 0.538. The molecule has 4 rings (SSSR count). The van der Waals surface area contributed by atoms with E-state index in [1.165, 1.54) is 9.80 Å². The second-order valence-corrected chi connectivity index (χ2v) is 8.36. The standard InChI is InChI=1S/C26H25ClN4O3/c27-21-12-10-19(11-13-21)14-15-28-24(32)17-30-22-8-4-5-9-23(22)31(18-25(30)33)26(34)29-16-20-6-2-1-3-7-20/h1-13H,14-18H2,(H,28,32)(H,29,34). The Bertz CT molecular complexity index is 1170. The number of nitrogens with one attached hydrogen (secondary N) is 2. The first kappa shape index (κ1) is 23.3. The van der Waals surface area contributed by atoms with Gasteiger partial charge in [-0.05, 0) is 41.8 Å². The average Bonchev–Trinajstić information content (AvgIpc) is 2.86. The van der Waals surface area contributed by atoms with Crippen molar-refractivity contribution in [2.45, 2.75) is 13.0 Å². The van der Waals surface area contributed by atoms with Crippen LogP contribution in [0, 0.1) is 0 Å². The molecule has 3 aromatic rings. The van der Waals surface area contributed by atoms with Crippen molar-refractivity contribution >= 4 is 40.8 Å². The van der Waals surface area contributed by atoms with Crippen LogP contribution in [0.4, 0.5) is 16.2 Å². The highest BCUT2D eigenvalue weighted by Crippen LogP contribution is 2.33. The molecule has 0 spiro atoms. The van der Waals surface area contributed by atoms with Gasteiger partial charge in [0.1, 0.15) is 13.1 Å². The van der Waals surface area contributed by atoms with Crippen molar-refractivity contribution in [3.05, 3.63) is 95.0 Å². The summed E-state index contributed by atoms with van der Waals surface area (Å²) < 4.78 is 0. The number of carbonyl (C=O) groups is 3. The monoisotopic (exact) mass is 476 g/mol. The first-order chi connectivity index (χ1) is 16.5. The molecule has 4 amide bonds. The lowest BCUT2D eigenvalue weighted by atomic mass is 10.1. The molecule has 8 heteroatoms. The molecule has 0 saturated heterocycles. The minimum absolute atomic E-state index is 0.115. The molecule has 0 unspecified atom stereocenters. The first-order valence-electron chi connectivity index (χ1n) is 11.0. The van der Waals surface area contributed by atoms with Crippen molar-refractivity contribution < 1.29 is 14.4 Å². The molecule has 2 N–H and O–H groups in total. The summed E-state index contributed by atoms with van der Waals surface area (Å²) in [4.78, 5) is 41.2. The fourth-order valence-electron chi connectivity index (χ4n) is 3.78. The van der Waals surface area contributed by atoms with Crippen LogP contribution in [0.3, 0.4) is 0 Å². The van der Waals surface area contributed by atoms with Gasteiger partial charge in [0, 0.05) is 18.1 Å². The van der Waals surface area contributed by atoms with Crippen molar-refractivity contribution in [1.82, 2.24) is 10.6 Å². The van der Waals surface area contributed by atoms with Crippen molar-refractivity contribution in [3.8, 4) is 0 Å². The van der Waals surface area contributed by atoms with Crippen LogP contribution in [0.15, 0.2) is 78.9 Å². The second-order valence-electron chi connectivity index (χ2n) is 7.93. The maximum Gasteiger partial charge on any atom is 0.322 e. The number of hydrogen-bond donors (Lipinski definition) is 2. The number of urea groups is 1. The van der Waals surface area contributed by atoms with E-state index < -0.39 is 0 Å². The average molecular weight is 477 g/mol. The minimum Gasteiger partial charge on any atom is -0.354 e. The summed E-state index contributed by atoms with van der Waals surface area (Å²) >= 11 is 5.90. The minimum atomic E-state index is -0.364. The van der Waals surface area contributed by atoms with Gasteiger partial charge in [-0.3, -0.25) is 19.4 Å². The largest absolute Gasteiger partial charge is 0.354 e. The fourth-order valence-corrected chi connectivity index (χ4v) is 3.91. The third-order valence-corrected chi connectivity index (χ3v) is 5.79. The topological polar surface area (TPSA) is 81.8 Å². The number of halogens is 1. The summed E-state index contributed by atoms with van der Waals surface area (Å²) in [5.41, 5.74) is 3.13. The number of para-hydroxylation sites is 2. The van der Waals surface area contributed by atoms with Gasteiger partial charge in [0.15, 0.2) is 0 Å². The molecule has 3 aromatic carbocycles. The van der Waals surface area contributed by atoms with Crippen LogP contribution in [0.5, 0.6) is 0 Å². The molecule has 0 saturated carbocycles. The quantitative estimate of drug-likeness (QED) is 0.544. The highest BCUT2D eigenvalue weighted by molar-refractivity contribution is 6.30. The second kappa shape index (κ2) is 10.9. The Hall–Kier alpha value is -3.84. The van der Waals surface area contributed by atoms with Crippen LogP contribution in [0.25, 0.3) is 0 Å². The van der Waals surface area contributed by atoms with Crippen LogP contribution in [0.1, 0.15) is 11.1 Å². The number of amides is 4. The van der Waals surface area contributed by atoms with E-state index in [0.29, 0.717) is 35.9 Å². The molecule has 0 aliphatic carbocycles. The fraction of sp³-hybridized carbons (Fsp3) is 0.192. The van der Waals surface area contributed by atoms with E-state index in [2.05, 4.69) is 10.6 Å². The van der Waals surface area contributed by atoms with Gasteiger partial charge in [-0.2, -0.15) is 0 Å². The number of anilines is 2. The Morgan fingerprint density at radius 2 is 1.50 bits per heavy atom. The SMILES string of the molecule is O=C(CN1C(=O)CN(C(=O)NCc2ccccc2)c2ccccc21)NCCc1ccc(Cl)cc1. The molecule has 1 heterocycles. The molecule has 7 nitrogen and oxygen atoms in total. The van der Waals surface area contributed by atoms with E-state index in [4.69, 9.17) is 11.6 Å². The molecule has 174 valence electrons. The van der Waals surface area contributed by atoms with E-state index >= 15 is 0 Å². The Labute approximate surface area is 203 Å². The number of fused-ring (bicyclic) bond motifs is 1. The van der Waals surface area contributed by atoms with Gasteiger partial charge in [-0.1, -0.05) is 66.2 Å². The van der Waals surface area contributed by atoms with Gasteiger partial charge in [0.25, 0.3) is 0 Å². The summed E-state index contributed by atoms with van der Waals surface area (Å²) in [5, 5.41) is 6.38. The van der Waals surface area contributed by atoms with Crippen molar-refractivity contribution in [3.63, 3.8) is 0 Å². The number of hydrogen-bond acceptors (Lipinski definition) is 3. The van der Waals surface area contributed by atoms with Gasteiger partial charge in [-0.15, -0.1) is 0 Å². The lowest BCUT2D eigenvalue weighted by Crippen LogP contribution is -2.53. The van der Waals surface area contributed by atoms with Gasteiger partial charge in [0.05, 0.1) is 11.4 Å². The van der Waals surface area contributed by atoms with Crippen molar-refractivity contribution in [2.75, 3.05) is 29.4 Å². The molecule has 34 heavy (non-hydrogen) atoms. The maximum atomic E-state index is 12.9. The number of benzene rings is 3. The van der Waals surface area contributed by atoms with Crippen LogP contribution < -0.4 is 20.4 Å². The molecule has 0 radical (unpaired) electrons. The van der Waals surface area contributed by atoms with Crippen molar-refractivity contribution in [2.24, 2.45) is 0 Å². The molecule has 0 bridgehead atoms. The van der Waals surface area contributed by atoms with Gasteiger partial charge in [-0.25, -0.2) is 4.79 Å². The van der Waals surface area contributed by atoms with Crippen LogP contribution in [0.2, 0.25) is 5.02 Å². The van der Waals surface area contributed by atoms with Gasteiger partial charge in [0.2, 0.25) is 11.8 Å². The molecule has 1 aliphatic rings. The maximum absolute atomic E-state index is 12.9. The zero-order valence-electron chi connectivity index (χ0n) is 18.5. The predicted octanol–water partition coefficient (Wildman–Crippen LogP) is 3.76. The molecular formula is C26H25ClN4O3. The first-order valence-corrected chi connectivity index (χ1v) is 11.4. The van der Waals surface area contributed by atoms with Gasteiger partial charge >= 0.3 is 6.03 Å². The number of nitrogens with zero attached hydrogens (tertiary/aromatic N) is 2. The molecule has 1 aliphatic heterocycles. The van der Waals surface area contributed by atoms with Crippen LogP contribution in [-0.2, 0) is 22.6 Å². The third kappa shape index (κ3) is 5.74. The highest BCUT2D eigenvalue weighted by atomic mass is 35.5. The Kier molecular flexibility index (Phi) is 7.44. The highest BCUT2D eigenvalue weighted by Gasteiger charge is 2.33. The van der Waals surface area contributed by atoms with Crippen molar-refractivity contribution in [1.29, 1.82) is 0 Å². The third-order valence-electron chi connectivity index (χ3n) is 5.54. The van der Waals surface area contributed by atoms with E-state index in [0.717, 1.165) is 11.1 Å².